The third-order valence-corrected chi connectivity index (χ3v) is 2.54. The van der Waals surface area contributed by atoms with Crippen molar-refractivity contribution in [2.75, 3.05) is 5.73 Å². The standard InChI is InChI=1S/C12H12F2N2O/c1-12(2,14)7-3-4-10(13)8(5-7)9-6-16-17-11(9)15/h3-6H,15H2,1-2H3. The lowest BCUT2D eigenvalue weighted by Gasteiger charge is -2.15. The van der Waals surface area contributed by atoms with Crippen LogP contribution in [0.15, 0.2) is 28.9 Å². The molecule has 0 fully saturated rings. The Morgan fingerprint density at radius 1 is 1.29 bits per heavy atom. The van der Waals surface area contributed by atoms with E-state index in [1.807, 2.05) is 0 Å². The first-order valence-corrected chi connectivity index (χ1v) is 5.09. The van der Waals surface area contributed by atoms with Gasteiger partial charge in [-0.1, -0.05) is 11.2 Å². The molecule has 2 aromatic rings. The van der Waals surface area contributed by atoms with Gasteiger partial charge in [0.2, 0.25) is 5.88 Å². The quantitative estimate of drug-likeness (QED) is 0.873. The maximum atomic E-state index is 13.8. The van der Waals surface area contributed by atoms with Crippen LogP contribution in [0.2, 0.25) is 0 Å². The van der Waals surface area contributed by atoms with Crippen LogP contribution < -0.4 is 5.73 Å². The molecule has 1 heterocycles. The van der Waals surface area contributed by atoms with E-state index >= 15 is 0 Å². The minimum atomic E-state index is -1.55. The third kappa shape index (κ3) is 2.13. The van der Waals surface area contributed by atoms with E-state index in [-0.39, 0.29) is 11.4 Å². The van der Waals surface area contributed by atoms with Gasteiger partial charge in [-0.05, 0) is 31.5 Å². The summed E-state index contributed by atoms with van der Waals surface area (Å²) in [6.07, 6.45) is 1.31. The third-order valence-electron chi connectivity index (χ3n) is 2.54. The molecular weight excluding hydrogens is 226 g/mol. The van der Waals surface area contributed by atoms with Gasteiger partial charge in [-0.3, -0.25) is 0 Å². The zero-order valence-electron chi connectivity index (χ0n) is 9.50. The number of nitrogen functional groups attached to an aromatic ring is 1. The Morgan fingerprint density at radius 2 is 2.00 bits per heavy atom. The fourth-order valence-electron chi connectivity index (χ4n) is 1.55. The van der Waals surface area contributed by atoms with E-state index < -0.39 is 11.5 Å². The lowest BCUT2D eigenvalue weighted by molar-refractivity contribution is 0.221. The van der Waals surface area contributed by atoms with Crippen molar-refractivity contribution in [2.24, 2.45) is 0 Å². The van der Waals surface area contributed by atoms with E-state index in [2.05, 4.69) is 9.68 Å². The van der Waals surface area contributed by atoms with Crippen LogP contribution in [0, 0.1) is 5.82 Å². The first kappa shape index (κ1) is 11.6. The number of hydrogen-bond donors (Lipinski definition) is 1. The van der Waals surface area contributed by atoms with Gasteiger partial charge in [-0.15, -0.1) is 0 Å². The van der Waals surface area contributed by atoms with Crippen molar-refractivity contribution in [1.82, 2.24) is 5.16 Å². The number of alkyl halides is 1. The summed E-state index contributed by atoms with van der Waals surface area (Å²) in [7, 11) is 0. The van der Waals surface area contributed by atoms with E-state index in [9.17, 15) is 8.78 Å². The highest BCUT2D eigenvalue weighted by atomic mass is 19.1. The smallest absolute Gasteiger partial charge is 0.230 e. The van der Waals surface area contributed by atoms with Gasteiger partial charge in [-0.25, -0.2) is 8.78 Å². The molecule has 90 valence electrons. The van der Waals surface area contributed by atoms with Gasteiger partial charge in [0.1, 0.15) is 11.5 Å². The monoisotopic (exact) mass is 238 g/mol. The molecule has 0 unspecified atom stereocenters. The SMILES string of the molecule is CC(C)(F)c1ccc(F)c(-c2cnoc2N)c1. The molecule has 0 spiro atoms. The van der Waals surface area contributed by atoms with Crippen molar-refractivity contribution in [3.63, 3.8) is 0 Å². The van der Waals surface area contributed by atoms with Gasteiger partial charge >= 0.3 is 0 Å². The van der Waals surface area contributed by atoms with E-state index in [4.69, 9.17) is 5.73 Å². The summed E-state index contributed by atoms with van der Waals surface area (Å²) in [6, 6.07) is 4.03. The average Bonchev–Trinajstić information content (AvgIpc) is 2.63. The summed E-state index contributed by atoms with van der Waals surface area (Å²) in [5.74, 6) is -0.481. The molecule has 0 aliphatic rings. The van der Waals surface area contributed by atoms with Crippen LogP contribution >= 0.6 is 0 Å². The minimum Gasteiger partial charge on any atom is -0.367 e. The molecule has 0 radical (unpaired) electrons. The van der Waals surface area contributed by atoms with Gasteiger partial charge in [0.15, 0.2) is 0 Å². The van der Waals surface area contributed by atoms with E-state index in [1.54, 1.807) is 0 Å². The Labute approximate surface area is 97.2 Å². The molecule has 17 heavy (non-hydrogen) atoms. The summed E-state index contributed by atoms with van der Waals surface area (Å²) >= 11 is 0. The summed E-state index contributed by atoms with van der Waals surface area (Å²) in [4.78, 5) is 0. The van der Waals surface area contributed by atoms with Crippen molar-refractivity contribution < 1.29 is 13.3 Å². The van der Waals surface area contributed by atoms with E-state index in [1.165, 1.54) is 38.2 Å². The Kier molecular flexibility index (Phi) is 2.61. The first-order chi connectivity index (χ1) is 7.89. The molecule has 0 aliphatic carbocycles. The summed E-state index contributed by atoms with van der Waals surface area (Å²) < 4.78 is 32.1. The maximum Gasteiger partial charge on any atom is 0.230 e. The van der Waals surface area contributed by atoms with Crippen LogP contribution in [-0.2, 0) is 5.67 Å². The number of nitrogens with two attached hydrogens (primary N) is 1. The van der Waals surface area contributed by atoms with Gasteiger partial charge in [-0.2, -0.15) is 0 Å². The number of rotatable bonds is 2. The molecule has 1 aromatic carbocycles. The van der Waals surface area contributed by atoms with Gasteiger partial charge in [0, 0.05) is 5.56 Å². The van der Waals surface area contributed by atoms with Gasteiger partial charge in [0.25, 0.3) is 0 Å². The van der Waals surface area contributed by atoms with E-state index in [0.29, 0.717) is 11.1 Å². The number of nitrogens with zero attached hydrogens (tertiary/aromatic N) is 1. The predicted molar refractivity (Wildman–Crippen MR) is 60.4 cm³/mol. The summed E-state index contributed by atoms with van der Waals surface area (Å²) in [5, 5.41) is 3.47. The Bertz CT molecular complexity index is 544. The number of hydrogen-bond acceptors (Lipinski definition) is 3. The Balaban J connectivity index is 2.58. The molecule has 2 rings (SSSR count). The molecule has 5 heteroatoms. The molecule has 0 saturated heterocycles. The maximum absolute atomic E-state index is 13.8. The van der Waals surface area contributed by atoms with Crippen LogP contribution in [0.1, 0.15) is 19.4 Å². The van der Waals surface area contributed by atoms with E-state index in [0.717, 1.165) is 0 Å². The summed E-state index contributed by atoms with van der Waals surface area (Å²) in [5.41, 5.74) is 4.85. The van der Waals surface area contributed by atoms with Crippen LogP contribution in [0.3, 0.4) is 0 Å². The average molecular weight is 238 g/mol. The molecule has 0 aliphatic heterocycles. The summed E-state index contributed by atoms with van der Waals surface area (Å²) in [6.45, 7) is 2.81. The van der Waals surface area contributed by atoms with Crippen molar-refractivity contribution in [1.29, 1.82) is 0 Å². The van der Waals surface area contributed by atoms with Crippen LogP contribution in [0.5, 0.6) is 0 Å². The number of halogens is 2. The van der Waals surface area contributed by atoms with Gasteiger partial charge in [0.05, 0.1) is 11.8 Å². The zero-order valence-corrected chi connectivity index (χ0v) is 9.50. The molecule has 2 N–H and O–H groups in total. The lowest BCUT2D eigenvalue weighted by atomic mass is 9.96. The number of aromatic nitrogens is 1. The molecule has 3 nitrogen and oxygen atoms in total. The Hall–Kier alpha value is -1.91. The molecule has 0 atom stereocenters. The van der Waals surface area contributed by atoms with Crippen molar-refractivity contribution >= 4 is 5.88 Å². The first-order valence-electron chi connectivity index (χ1n) is 5.09. The lowest BCUT2D eigenvalue weighted by Crippen LogP contribution is -2.09. The fourth-order valence-corrected chi connectivity index (χ4v) is 1.55. The second kappa shape index (κ2) is 3.84. The zero-order chi connectivity index (χ0) is 12.6. The molecule has 0 saturated carbocycles. The number of benzene rings is 1. The molecule has 1 aromatic heterocycles. The van der Waals surface area contributed by atoms with Crippen LogP contribution in [0.4, 0.5) is 14.7 Å². The van der Waals surface area contributed by atoms with Crippen molar-refractivity contribution in [3.8, 4) is 11.1 Å². The minimum absolute atomic E-state index is 0.0118. The van der Waals surface area contributed by atoms with Gasteiger partial charge < -0.3 is 10.3 Å². The molecule has 0 bridgehead atoms. The van der Waals surface area contributed by atoms with Crippen LogP contribution in [-0.4, -0.2) is 5.16 Å². The molecular formula is C12H12F2N2O. The van der Waals surface area contributed by atoms with Crippen molar-refractivity contribution in [3.05, 3.63) is 35.8 Å². The molecule has 0 amide bonds. The second-order valence-electron chi connectivity index (χ2n) is 4.27. The highest BCUT2D eigenvalue weighted by Crippen LogP contribution is 2.33. The largest absolute Gasteiger partial charge is 0.367 e. The van der Waals surface area contributed by atoms with Crippen molar-refractivity contribution in [2.45, 2.75) is 19.5 Å². The van der Waals surface area contributed by atoms with Crippen LogP contribution in [0.25, 0.3) is 11.1 Å². The fraction of sp³-hybridized carbons (Fsp3) is 0.250. The Morgan fingerprint density at radius 3 is 2.53 bits per heavy atom. The topological polar surface area (TPSA) is 52.0 Å². The normalized spacial score (nSPS) is 11.8. The number of anilines is 1. The highest BCUT2D eigenvalue weighted by Gasteiger charge is 2.21. The second-order valence-corrected chi connectivity index (χ2v) is 4.27. The predicted octanol–water partition coefficient (Wildman–Crippen LogP) is 3.27. The highest BCUT2D eigenvalue weighted by molar-refractivity contribution is 5.72.